The van der Waals surface area contributed by atoms with Crippen LogP contribution in [0.2, 0.25) is 0 Å². The predicted octanol–water partition coefficient (Wildman–Crippen LogP) is 3.78. The van der Waals surface area contributed by atoms with Crippen LogP contribution in [0.15, 0.2) is 60.8 Å². The molecule has 0 bridgehead atoms. The fraction of sp³-hybridized carbons (Fsp3) is 0.227. The average Bonchev–Trinajstić information content (AvgIpc) is 2.71. The quantitative estimate of drug-likeness (QED) is 0.586. The summed E-state index contributed by atoms with van der Waals surface area (Å²) in [5.74, 6) is 0.244. The molecular formula is C22H23N3O3. The first-order valence-corrected chi connectivity index (χ1v) is 9.32. The van der Waals surface area contributed by atoms with Gasteiger partial charge in [-0.25, -0.2) is 0 Å². The zero-order valence-corrected chi connectivity index (χ0v) is 15.8. The molecule has 28 heavy (non-hydrogen) atoms. The summed E-state index contributed by atoms with van der Waals surface area (Å²) >= 11 is 0. The van der Waals surface area contributed by atoms with Crippen LogP contribution in [0, 0.1) is 0 Å². The van der Waals surface area contributed by atoms with Crippen molar-refractivity contribution in [1.82, 2.24) is 10.3 Å². The highest BCUT2D eigenvalue weighted by Crippen LogP contribution is 2.18. The number of amides is 2. The maximum atomic E-state index is 12.3. The molecule has 3 rings (SSSR count). The third kappa shape index (κ3) is 5.07. The van der Waals surface area contributed by atoms with E-state index in [0.717, 1.165) is 10.9 Å². The number of hydrogen-bond donors (Lipinski definition) is 2. The number of ether oxygens (including phenoxy) is 1. The SMILES string of the molecule is CCOc1ccccc1C(=O)NCCCC(=O)Nc1cnc2ccccc2c1. The van der Waals surface area contributed by atoms with Crippen molar-refractivity contribution in [1.29, 1.82) is 0 Å². The van der Waals surface area contributed by atoms with Crippen LogP contribution < -0.4 is 15.4 Å². The highest BCUT2D eigenvalue weighted by Gasteiger charge is 2.11. The molecule has 2 amide bonds. The minimum atomic E-state index is -0.205. The molecule has 0 unspecified atom stereocenters. The predicted molar refractivity (Wildman–Crippen MR) is 110 cm³/mol. The molecule has 2 N–H and O–H groups in total. The molecule has 0 saturated carbocycles. The standard InChI is InChI=1S/C22H23N3O3/c1-2-28-20-11-6-4-9-18(20)22(27)23-13-7-12-21(26)25-17-14-16-8-3-5-10-19(16)24-15-17/h3-6,8-11,14-15H,2,7,12-13H2,1H3,(H,23,27)(H,25,26). The monoisotopic (exact) mass is 377 g/mol. The summed E-state index contributed by atoms with van der Waals surface area (Å²) in [5, 5.41) is 6.65. The van der Waals surface area contributed by atoms with E-state index in [2.05, 4.69) is 15.6 Å². The summed E-state index contributed by atoms with van der Waals surface area (Å²) < 4.78 is 5.47. The summed E-state index contributed by atoms with van der Waals surface area (Å²) in [5.41, 5.74) is 2.05. The van der Waals surface area contributed by atoms with Crippen molar-refractivity contribution in [2.24, 2.45) is 0 Å². The third-order valence-electron chi connectivity index (χ3n) is 4.17. The Morgan fingerprint density at radius 2 is 1.86 bits per heavy atom. The van der Waals surface area contributed by atoms with Crippen molar-refractivity contribution in [2.45, 2.75) is 19.8 Å². The number of carbonyl (C=O) groups excluding carboxylic acids is 2. The Balaban J connectivity index is 1.45. The number of nitrogens with one attached hydrogen (secondary N) is 2. The second-order valence-electron chi connectivity index (χ2n) is 6.25. The number of carbonyl (C=O) groups is 2. The van der Waals surface area contributed by atoms with E-state index in [-0.39, 0.29) is 11.8 Å². The highest BCUT2D eigenvalue weighted by molar-refractivity contribution is 5.97. The molecule has 0 aliphatic carbocycles. The van der Waals surface area contributed by atoms with Gasteiger partial charge < -0.3 is 15.4 Å². The van der Waals surface area contributed by atoms with Crippen LogP contribution in [-0.2, 0) is 4.79 Å². The largest absolute Gasteiger partial charge is 0.493 e. The maximum Gasteiger partial charge on any atom is 0.255 e. The van der Waals surface area contributed by atoms with E-state index in [0.29, 0.717) is 43.0 Å². The molecule has 6 heteroatoms. The van der Waals surface area contributed by atoms with Crippen molar-refractivity contribution in [3.8, 4) is 5.75 Å². The Labute approximate surface area is 163 Å². The van der Waals surface area contributed by atoms with Gasteiger partial charge in [-0.1, -0.05) is 30.3 Å². The van der Waals surface area contributed by atoms with Crippen molar-refractivity contribution >= 4 is 28.4 Å². The molecule has 144 valence electrons. The summed E-state index contributed by atoms with van der Waals surface area (Å²) in [6.45, 7) is 2.77. The Kier molecular flexibility index (Phi) is 6.57. The first kappa shape index (κ1) is 19.4. The van der Waals surface area contributed by atoms with Crippen LogP contribution in [0.4, 0.5) is 5.69 Å². The average molecular weight is 377 g/mol. The van der Waals surface area contributed by atoms with Gasteiger partial charge in [0, 0.05) is 18.4 Å². The van der Waals surface area contributed by atoms with Gasteiger partial charge in [0.05, 0.1) is 29.6 Å². The lowest BCUT2D eigenvalue weighted by Gasteiger charge is -2.10. The Hall–Kier alpha value is -3.41. The number of nitrogens with zero attached hydrogens (tertiary/aromatic N) is 1. The summed E-state index contributed by atoms with van der Waals surface area (Å²) in [6, 6.07) is 16.7. The van der Waals surface area contributed by atoms with Gasteiger partial charge in [-0.3, -0.25) is 14.6 Å². The second-order valence-corrected chi connectivity index (χ2v) is 6.25. The van der Waals surface area contributed by atoms with Crippen molar-refractivity contribution in [3.05, 3.63) is 66.4 Å². The molecule has 0 fully saturated rings. The minimum absolute atomic E-state index is 0.110. The minimum Gasteiger partial charge on any atom is -0.493 e. The summed E-state index contributed by atoms with van der Waals surface area (Å²) in [4.78, 5) is 28.8. The van der Waals surface area contributed by atoms with Crippen LogP contribution in [0.1, 0.15) is 30.1 Å². The van der Waals surface area contributed by atoms with Gasteiger partial charge in [0.1, 0.15) is 5.75 Å². The molecule has 1 heterocycles. The Bertz CT molecular complexity index is 972. The molecule has 6 nitrogen and oxygen atoms in total. The third-order valence-corrected chi connectivity index (χ3v) is 4.17. The Morgan fingerprint density at radius 1 is 1.07 bits per heavy atom. The topological polar surface area (TPSA) is 80.3 Å². The summed E-state index contributed by atoms with van der Waals surface area (Å²) in [7, 11) is 0. The van der Waals surface area contributed by atoms with Crippen LogP contribution in [0.25, 0.3) is 10.9 Å². The lowest BCUT2D eigenvalue weighted by atomic mass is 10.2. The molecule has 0 aliphatic heterocycles. The molecule has 0 radical (unpaired) electrons. The normalized spacial score (nSPS) is 10.5. The molecule has 3 aromatic rings. The molecule has 1 aromatic heterocycles. The van der Waals surface area contributed by atoms with Gasteiger partial charge in [-0.2, -0.15) is 0 Å². The first-order valence-electron chi connectivity index (χ1n) is 9.32. The number of para-hydroxylation sites is 2. The fourth-order valence-electron chi connectivity index (χ4n) is 2.84. The van der Waals surface area contributed by atoms with E-state index in [9.17, 15) is 9.59 Å². The second kappa shape index (κ2) is 9.50. The molecule has 0 saturated heterocycles. The number of rotatable bonds is 8. The van der Waals surface area contributed by atoms with Crippen molar-refractivity contribution in [2.75, 3.05) is 18.5 Å². The van der Waals surface area contributed by atoms with Gasteiger partial charge in [0.2, 0.25) is 5.91 Å². The van der Waals surface area contributed by atoms with Gasteiger partial charge in [0.25, 0.3) is 5.91 Å². The van der Waals surface area contributed by atoms with Gasteiger partial charge in [0.15, 0.2) is 0 Å². The van der Waals surface area contributed by atoms with E-state index >= 15 is 0 Å². The zero-order chi connectivity index (χ0) is 19.8. The van der Waals surface area contributed by atoms with E-state index in [1.165, 1.54) is 0 Å². The van der Waals surface area contributed by atoms with Crippen LogP contribution in [0.3, 0.4) is 0 Å². The van der Waals surface area contributed by atoms with Crippen LogP contribution >= 0.6 is 0 Å². The molecule has 0 atom stereocenters. The number of anilines is 1. The molecule has 2 aromatic carbocycles. The number of fused-ring (bicyclic) bond motifs is 1. The van der Waals surface area contributed by atoms with E-state index in [4.69, 9.17) is 4.74 Å². The number of aromatic nitrogens is 1. The van der Waals surface area contributed by atoms with E-state index in [1.54, 1.807) is 24.4 Å². The maximum absolute atomic E-state index is 12.3. The smallest absolute Gasteiger partial charge is 0.255 e. The summed E-state index contributed by atoms with van der Waals surface area (Å²) in [6.07, 6.45) is 2.49. The van der Waals surface area contributed by atoms with Crippen LogP contribution in [0.5, 0.6) is 5.75 Å². The first-order chi connectivity index (χ1) is 13.7. The lowest BCUT2D eigenvalue weighted by molar-refractivity contribution is -0.116. The van der Waals surface area contributed by atoms with E-state index in [1.807, 2.05) is 43.3 Å². The zero-order valence-electron chi connectivity index (χ0n) is 15.8. The van der Waals surface area contributed by atoms with Crippen molar-refractivity contribution < 1.29 is 14.3 Å². The van der Waals surface area contributed by atoms with Gasteiger partial charge >= 0.3 is 0 Å². The van der Waals surface area contributed by atoms with E-state index < -0.39 is 0 Å². The fourth-order valence-corrected chi connectivity index (χ4v) is 2.84. The van der Waals surface area contributed by atoms with Gasteiger partial charge in [-0.15, -0.1) is 0 Å². The number of pyridine rings is 1. The number of hydrogen-bond acceptors (Lipinski definition) is 4. The Morgan fingerprint density at radius 3 is 2.71 bits per heavy atom. The number of benzene rings is 2. The van der Waals surface area contributed by atoms with Crippen LogP contribution in [-0.4, -0.2) is 29.9 Å². The van der Waals surface area contributed by atoms with Crippen molar-refractivity contribution in [3.63, 3.8) is 0 Å². The highest BCUT2D eigenvalue weighted by atomic mass is 16.5. The van der Waals surface area contributed by atoms with Gasteiger partial charge in [-0.05, 0) is 37.6 Å². The molecule has 0 aliphatic rings. The molecule has 0 spiro atoms. The lowest BCUT2D eigenvalue weighted by Crippen LogP contribution is -2.26. The molecular weight excluding hydrogens is 354 g/mol.